The van der Waals surface area contributed by atoms with Gasteiger partial charge >= 0.3 is 6.18 Å². The predicted octanol–water partition coefficient (Wildman–Crippen LogP) is 6.39. The Hall–Kier alpha value is -3.26. The summed E-state index contributed by atoms with van der Waals surface area (Å²) < 4.78 is 39.4. The van der Waals surface area contributed by atoms with E-state index < -0.39 is 22.9 Å². The average Bonchev–Trinajstić information content (AvgIpc) is 2.73. The minimum Gasteiger partial charge on any atom is -0.325 e. The lowest BCUT2D eigenvalue weighted by molar-refractivity contribution is -0.137. The molecule has 3 rings (SSSR count). The van der Waals surface area contributed by atoms with Crippen molar-refractivity contribution in [3.63, 3.8) is 0 Å². The van der Waals surface area contributed by atoms with Crippen LogP contribution < -0.4 is 10.6 Å². The summed E-state index contributed by atoms with van der Waals surface area (Å²) in [5, 5.41) is 4.51. The molecular formula is C24H21F3N2O2S. The number of aryl methyl sites for hydroxylation is 1. The van der Waals surface area contributed by atoms with Crippen molar-refractivity contribution in [2.75, 3.05) is 10.6 Å². The molecule has 1 unspecified atom stereocenters. The van der Waals surface area contributed by atoms with Gasteiger partial charge in [0.2, 0.25) is 5.91 Å². The molecule has 0 fully saturated rings. The fraction of sp³-hybridized carbons (Fsp3) is 0.167. The van der Waals surface area contributed by atoms with Crippen LogP contribution in [0, 0.1) is 6.92 Å². The summed E-state index contributed by atoms with van der Waals surface area (Å²) in [4.78, 5) is 25.7. The van der Waals surface area contributed by atoms with Crippen LogP contribution in [-0.2, 0) is 11.0 Å². The second-order valence-electron chi connectivity index (χ2n) is 7.14. The topological polar surface area (TPSA) is 58.2 Å². The Bertz CT molecular complexity index is 1130. The molecule has 0 aliphatic rings. The number of carbonyl (C=O) groups is 2. The largest absolute Gasteiger partial charge is 0.418 e. The number of alkyl halides is 3. The molecule has 0 saturated heterocycles. The summed E-state index contributed by atoms with van der Waals surface area (Å²) in [6, 6.07) is 19.0. The minimum atomic E-state index is -4.57. The SMILES string of the molecule is Cc1cccc(C(=O)Nc2cccc(SC(C)C(=O)Nc3ccccc3C(F)(F)F)c2)c1. The number of thioether (sulfide) groups is 1. The summed E-state index contributed by atoms with van der Waals surface area (Å²) in [7, 11) is 0. The van der Waals surface area contributed by atoms with Gasteiger partial charge in [-0.05, 0) is 56.3 Å². The molecule has 0 spiro atoms. The molecule has 2 amide bonds. The van der Waals surface area contributed by atoms with E-state index in [1.54, 1.807) is 49.4 Å². The van der Waals surface area contributed by atoms with Gasteiger partial charge in [0.15, 0.2) is 0 Å². The number of carbonyl (C=O) groups excluding carboxylic acids is 2. The molecule has 0 bridgehead atoms. The lowest BCUT2D eigenvalue weighted by Gasteiger charge is -2.16. The zero-order valence-electron chi connectivity index (χ0n) is 17.4. The van der Waals surface area contributed by atoms with Gasteiger partial charge in [0.25, 0.3) is 5.91 Å². The summed E-state index contributed by atoms with van der Waals surface area (Å²) in [5.41, 5.74) is 0.868. The zero-order chi connectivity index (χ0) is 23.3. The van der Waals surface area contributed by atoms with Gasteiger partial charge in [-0.3, -0.25) is 9.59 Å². The third-order valence-corrected chi connectivity index (χ3v) is 5.64. The Balaban J connectivity index is 1.66. The van der Waals surface area contributed by atoms with Gasteiger partial charge in [-0.15, -0.1) is 11.8 Å². The smallest absolute Gasteiger partial charge is 0.325 e. The number of nitrogens with one attached hydrogen (secondary N) is 2. The van der Waals surface area contributed by atoms with E-state index in [-0.39, 0.29) is 11.6 Å². The van der Waals surface area contributed by atoms with E-state index in [0.717, 1.165) is 11.6 Å². The van der Waals surface area contributed by atoms with Crippen LogP contribution in [0.3, 0.4) is 0 Å². The van der Waals surface area contributed by atoms with Crippen molar-refractivity contribution in [2.24, 2.45) is 0 Å². The van der Waals surface area contributed by atoms with Gasteiger partial charge in [0.05, 0.1) is 16.5 Å². The van der Waals surface area contributed by atoms with Crippen molar-refractivity contribution in [1.82, 2.24) is 0 Å². The van der Waals surface area contributed by atoms with E-state index in [4.69, 9.17) is 0 Å². The second kappa shape index (κ2) is 9.91. The van der Waals surface area contributed by atoms with E-state index >= 15 is 0 Å². The van der Waals surface area contributed by atoms with E-state index in [2.05, 4.69) is 10.6 Å². The average molecular weight is 459 g/mol. The van der Waals surface area contributed by atoms with E-state index in [0.29, 0.717) is 16.1 Å². The monoisotopic (exact) mass is 458 g/mol. The first-order chi connectivity index (χ1) is 15.1. The summed E-state index contributed by atoms with van der Waals surface area (Å²) in [5.74, 6) is -0.814. The molecule has 32 heavy (non-hydrogen) atoms. The normalized spacial score (nSPS) is 12.2. The molecule has 3 aromatic carbocycles. The number of hydrogen-bond donors (Lipinski definition) is 2. The zero-order valence-corrected chi connectivity index (χ0v) is 18.2. The molecule has 0 radical (unpaired) electrons. The number of hydrogen-bond acceptors (Lipinski definition) is 3. The Morgan fingerprint density at radius 2 is 1.62 bits per heavy atom. The lowest BCUT2D eigenvalue weighted by atomic mass is 10.1. The van der Waals surface area contributed by atoms with Crippen LogP contribution in [0.5, 0.6) is 0 Å². The van der Waals surface area contributed by atoms with Gasteiger partial charge in [-0.1, -0.05) is 35.9 Å². The highest BCUT2D eigenvalue weighted by Crippen LogP contribution is 2.35. The van der Waals surface area contributed by atoms with Crippen molar-refractivity contribution in [1.29, 1.82) is 0 Å². The molecule has 0 heterocycles. The molecule has 2 N–H and O–H groups in total. The fourth-order valence-electron chi connectivity index (χ4n) is 2.97. The third-order valence-electron chi connectivity index (χ3n) is 4.54. The van der Waals surface area contributed by atoms with Crippen LogP contribution in [0.25, 0.3) is 0 Å². The van der Waals surface area contributed by atoms with Crippen molar-refractivity contribution >= 4 is 35.0 Å². The number of halogens is 3. The van der Waals surface area contributed by atoms with Crippen molar-refractivity contribution in [3.8, 4) is 0 Å². The van der Waals surface area contributed by atoms with E-state index in [9.17, 15) is 22.8 Å². The molecule has 8 heteroatoms. The Morgan fingerprint density at radius 1 is 0.906 bits per heavy atom. The molecule has 0 aromatic heterocycles. The highest BCUT2D eigenvalue weighted by molar-refractivity contribution is 8.00. The van der Waals surface area contributed by atoms with Crippen LogP contribution in [-0.4, -0.2) is 17.1 Å². The molecular weight excluding hydrogens is 437 g/mol. The third kappa shape index (κ3) is 6.13. The molecule has 0 aliphatic carbocycles. The molecule has 0 saturated carbocycles. The maximum absolute atomic E-state index is 13.1. The number of benzene rings is 3. The van der Waals surface area contributed by atoms with Gasteiger partial charge in [-0.2, -0.15) is 13.2 Å². The lowest BCUT2D eigenvalue weighted by Crippen LogP contribution is -2.24. The first-order valence-electron chi connectivity index (χ1n) is 9.75. The Morgan fingerprint density at radius 3 is 2.34 bits per heavy atom. The Kier molecular flexibility index (Phi) is 7.25. The van der Waals surface area contributed by atoms with Gasteiger partial charge in [-0.25, -0.2) is 0 Å². The predicted molar refractivity (Wildman–Crippen MR) is 121 cm³/mol. The highest BCUT2D eigenvalue weighted by atomic mass is 32.2. The maximum Gasteiger partial charge on any atom is 0.418 e. The van der Waals surface area contributed by atoms with E-state index in [1.807, 2.05) is 13.0 Å². The highest BCUT2D eigenvalue weighted by Gasteiger charge is 2.33. The molecule has 1 atom stereocenters. The quantitative estimate of drug-likeness (QED) is 0.421. The molecule has 4 nitrogen and oxygen atoms in total. The van der Waals surface area contributed by atoms with Crippen LogP contribution in [0.1, 0.15) is 28.4 Å². The minimum absolute atomic E-state index is 0.259. The van der Waals surface area contributed by atoms with Crippen molar-refractivity contribution in [2.45, 2.75) is 30.2 Å². The number of rotatable bonds is 6. The summed E-state index contributed by atoms with van der Waals surface area (Å²) >= 11 is 1.18. The van der Waals surface area contributed by atoms with Crippen molar-refractivity contribution in [3.05, 3.63) is 89.5 Å². The number of anilines is 2. The molecule has 3 aromatic rings. The van der Waals surface area contributed by atoms with Gasteiger partial charge in [0, 0.05) is 16.1 Å². The van der Waals surface area contributed by atoms with Crippen LogP contribution >= 0.6 is 11.8 Å². The van der Waals surface area contributed by atoms with Crippen LogP contribution in [0.15, 0.2) is 77.7 Å². The molecule has 0 aliphatic heterocycles. The first-order valence-corrected chi connectivity index (χ1v) is 10.6. The Labute approximate surface area is 188 Å². The summed E-state index contributed by atoms with van der Waals surface area (Å²) in [6.45, 7) is 3.50. The standard InChI is InChI=1S/C24H21F3N2O2S/c1-15-7-5-8-17(13-15)23(31)28-18-9-6-10-19(14-18)32-16(2)22(30)29-21-12-4-3-11-20(21)24(25,26)27/h3-14,16H,1-2H3,(H,28,31)(H,29,30). The molecule has 166 valence electrons. The summed E-state index contributed by atoms with van der Waals surface area (Å²) in [6.07, 6.45) is -4.57. The second-order valence-corrected chi connectivity index (χ2v) is 8.56. The number of para-hydroxylation sites is 1. The van der Waals surface area contributed by atoms with Crippen molar-refractivity contribution < 1.29 is 22.8 Å². The fourth-order valence-corrected chi connectivity index (χ4v) is 3.89. The number of amides is 2. The maximum atomic E-state index is 13.1. The van der Waals surface area contributed by atoms with Gasteiger partial charge < -0.3 is 10.6 Å². The van der Waals surface area contributed by atoms with Crippen LogP contribution in [0.2, 0.25) is 0 Å². The van der Waals surface area contributed by atoms with E-state index in [1.165, 1.54) is 30.0 Å². The first kappa shape index (κ1) is 23.4. The van der Waals surface area contributed by atoms with Crippen LogP contribution in [0.4, 0.5) is 24.5 Å². The van der Waals surface area contributed by atoms with Gasteiger partial charge in [0.1, 0.15) is 0 Å².